The van der Waals surface area contributed by atoms with Crippen LogP contribution < -0.4 is 10.2 Å². The first-order valence-electron chi connectivity index (χ1n) is 11.8. The van der Waals surface area contributed by atoms with Crippen molar-refractivity contribution in [1.29, 1.82) is 0 Å². The van der Waals surface area contributed by atoms with Crippen LogP contribution in [-0.4, -0.2) is 30.1 Å². The third-order valence-electron chi connectivity index (χ3n) is 6.33. The van der Waals surface area contributed by atoms with Gasteiger partial charge in [0.15, 0.2) is 0 Å². The van der Waals surface area contributed by atoms with Gasteiger partial charge < -0.3 is 10.2 Å². The van der Waals surface area contributed by atoms with Gasteiger partial charge in [0.2, 0.25) is 5.91 Å². The average Bonchev–Trinajstić information content (AvgIpc) is 2.98. The molecule has 1 heterocycles. The number of fused-ring (bicyclic) bond motifs is 1. The minimum atomic E-state index is -4.65. The summed E-state index contributed by atoms with van der Waals surface area (Å²) in [5, 5.41) is 2.75. The highest BCUT2D eigenvalue weighted by Gasteiger charge is 2.37. The van der Waals surface area contributed by atoms with Crippen LogP contribution in [0.15, 0.2) is 77.8 Å². The molecule has 0 saturated heterocycles. The number of nitrogens with one attached hydrogen (secondary N) is 1. The van der Waals surface area contributed by atoms with E-state index < -0.39 is 36.1 Å². The Morgan fingerprint density at radius 3 is 2.43 bits per heavy atom. The lowest BCUT2D eigenvalue weighted by molar-refractivity contribution is -0.137. The number of hydrogen-bond donors (Lipinski definition) is 1. The maximum Gasteiger partial charge on any atom is 0.418 e. The Kier molecular flexibility index (Phi) is 7.68. The number of para-hydroxylation sites is 1. The molecule has 37 heavy (non-hydrogen) atoms. The number of halogens is 4. The Morgan fingerprint density at radius 2 is 1.76 bits per heavy atom. The van der Waals surface area contributed by atoms with Gasteiger partial charge >= 0.3 is 6.18 Å². The quantitative estimate of drug-likeness (QED) is 0.393. The van der Waals surface area contributed by atoms with Crippen LogP contribution >= 0.6 is 11.6 Å². The zero-order valence-corrected chi connectivity index (χ0v) is 21.0. The number of carbonyl (C=O) groups is 2. The molecule has 3 aromatic carbocycles. The lowest BCUT2D eigenvalue weighted by atomic mass is 9.98. The van der Waals surface area contributed by atoms with Crippen LogP contribution in [0.3, 0.4) is 0 Å². The minimum absolute atomic E-state index is 0.160. The molecular weight excluding hydrogens is 503 g/mol. The van der Waals surface area contributed by atoms with Gasteiger partial charge in [-0.1, -0.05) is 74.3 Å². The van der Waals surface area contributed by atoms with Gasteiger partial charge in [-0.2, -0.15) is 13.2 Å². The minimum Gasteiger partial charge on any atom is -0.324 e. The average molecular weight is 528 g/mol. The van der Waals surface area contributed by atoms with Gasteiger partial charge in [-0.25, -0.2) is 0 Å². The number of nitrogens with zero attached hydrogens (tertiary/aromatic N) is 2. The molecule has 0 saturated carbocycles. The van der Waals surface area contributed by atoms with Crippen LogP contribution in [0, 0.1) is 5.92 Å². The molecule has 1 aliphatic rings. The van der Waals surface area contributed by atoms with E-state index in [1.54, 1.807) is 18.2 Å². The first kappa shape index (κ1) is 26.4. The molecule has 192 valence electrons. The van der Waals surface area contributed by atoms with E-state index in [-0.39, 0.29) is 11.6 Å². The molecule has 0 fully saturated rings. The standard InChI is InChI=1S/C28H25ClF3N3O2/c1-3-17(2)25-27(37)35(16-24(36)33-22-12-8-7-11-21(22)28(30,31)32)23-14-13-19(29)15-20(23)26(34-25)18-9-5-4-6-10-18/h4-15,17,25H,3,16H2,1-2H3,(H,33,36). The number of benzodiazepines with no additional fused rings is 1. The van der Waals surface area contributed by atoms with Gasteiger partial charge in [0.1, 0.15) is 12.6 Å². The first-order chi connectivity index (χ1) is 17.6. The van der Waals surface area contributed by atoms with Crippen LogP contribution in [0.5, 0.6) is 0 Å². The zero-order valence-electron chi connectivity index (χ0n) is 20.2. The summed E-state index contributed by atoms with van der Waals surface area (Å²) in [6, 6.07) is 18.2. The SMILES string of the molecule is CCC(C)C1N=C(c2ccccc2)c2cc(Cl)ccc2N(CC(=O)Nc2ccccc2C(F)(F)F)C1=O. The predicted octanol–water partition coefficient (Wildman–Crippen LogP) is 6.60. The summed E-state index contributed by atoms with van der Waals surface area (Å²) in [5.74, 6) is -1.34. The number of anilines is 2. The van der Waals surface area contributed by atoms with E-state index in [2.05, 4.69) is 5.32 Å². The predicted molar refractivity (Wildman–Crippen MR) is 139 cm³/mol. The molecule has 1 N–H and O–H groups in total. The van der Waals surface area contributed by atoms with Crippen molar-refractivity contribution >= 4 is 40.5 Å². The van der Waals surface area contributed by atoms with Crippen molar-refractivity contribution in [3.63, 3.8) is 0 Å². The highest BCUT2D eigenvalue weighted by atomic mass is 35.5. The molecule has 9 heteroatoms. The van der Waals surface area contributed by atoms with Gasteiger partial charge in [0.05, 0.1) is 22.6 Å². The van der Waals surface area contributed by atoms with Crippen LogP contribution in [-0.2, 0) is 15.8 Å². The molecule has 0 bridgehead atoms. The van der Waals surface area contributed by atoms with Crippen LogP contribution in [0.2, 0.25) is 5.02 Å². The number of alkyl halides is 3. The van der Waals surface area contributed by atoms with Gasteiger partial charge in [-0.05, 0) is 36.2 Å². The second-order valence-corrected chi connectivity index (χ2v) is 9.29. The van der Waals surface area contributed by atoms with E-state index >= 15 is 0 Å². The Bertz CT molecular complexity index is 1340. The number of carbonyl (C=O) groups excluding carboxylic acids is 2. The molecule has 2 amide bonds. The summed E-state index contributed by atoms with van der Waals surface area (Å²) >= 11 is 6.32. The largest absolute Gasteiger partial charge is 0.418 e. The fourth-order valence-corrected chi connectivity index (χ4v) is 4.40. The smallest absolute Gasteiger partial charge is 0.324 e. The molecule has 0 spiro atoms. The third-order valence-corrected chi connectivity index (χ3v) is 6.57. The van der Waals surface area contributed by atoms with Gasteiger partial charge in [-0.3, -0.25) is 14.6 Å². The Labute approximate surface area is 218 Å². The van der Waals surface area contributed by atoms with E-state index in [1.165, 1.54) is 23.1 Å². The van der Waals surface area contributed by atoms with E-state index in [0.717, 1.165) is 11.6 Å². The summed E-state index contributed by atoms with van der Waals surface area (Å²) in [6.45, 7) is 3.34. The monoisotopic (exact) mass is 527 g/mol. The van der Waals surface area contributed by atoms with Crippen molar-refractivity contribution in [2.45, 2.75) is 32.5 Å². The second kappa shape index (κ2) is 10.8. The van der Waals surface area contributed by atoms with Gasteiger partial charge in [0.25, 0.3) is 5.91 Å². The molecule has 1 aliphatic heterocycles. The van der Waals surface area contributed by atoms with E-state index in [9.17, 15) is 22.8 Å². The molecule has 5 nitrogen and oxygen atoms in total. The summed E-state index contributed by atoms with van der Waals surface area (Å²) in [6.07, 6.45) is -4.00. The van der Waals surface area contributed by atoms with E-state index in [4.69, 9.17) is 16.6 Å². The number of hydrogen-bond acceptors (Lipinski definition) is 3. The number of amides is 2. The van der Waals surface area contributed by atoms with E-state index in [0.29, 0.717) is 28.4 Å². The van der Waals surface area contributed by atoms with Crippen LogP contribution in [0.4, 0.5) is 24.5 Å². The maximum atomic E-state index is 13.8. The highest BCUT2D eigenvalue weighted by Crippen LogP contribution is 2.35. The summed E-state index contributed by atoms with van der Waals surface area (Å²) in [4.78, 5) is 33.0. The van der Waals surface area contributed by atoms with E-state index in [1.807, 2.05) is 44.2 Å². The highest BCUT2D eigenvalue weighted by molar-refractivity contribution is 6.32. The maximum absolute atomic E-state index is 13.8. The normalized spacial score (nSPS) is 16.5. The number of aliphatic imine (C=N–C) groups is 1. The Hall–Kier alpha value is -3.65. The van der Waals surface area contributed by atoms with Crippen molar-refractivity contribution < 1.29 is 22.8 Å². The van der Waals surface area contributed by atoms with Crippen molar-refractivity contribution in [1.82, 2.24) is 0 Å². The lowest BCUT2D eigenvalue weighted by Gasteiger charge is -2.27. The molecule has 3 aromatic rings. The van der Waals surface area contributed by atoms with Crippen molar-refractivity contribution in [3.8, 4) is 0 Å². The zero-order chi connectivity index (χ0) is 26.7. The van der Waals surface area contributed by atoms with Crippen LogP contribution in [0.25, 0.3) is 0 Å². The molecule has 4 rings (SSSR count). The Morgan fingerprint density at radius 1 is 1.08 bits per heavy atom. The first-order valence-corrected chi connectivity index (χ1v) is 12.2. The fraction of sp³-hybridized carbons (Fsp3) is 0.250. The molecular formula is C28H25ClF3N3O2. The molecule has 2 unspecified atom stereocenters. The molecule has 0 aliphatic carbocycles. The topological polar surface area (TPSA) is 61.8 Å². The fourth-order valence-electron chi connectivity index (χ4n) is 4.23. The summed E-state index contributed by atoms with van der Waals surface area (Å²) < 4.78 is 40.3. The third kappa shape index (κ3) is 5.69. The van der Waals surface area contributed by atoms with Crippen LogP contribution in [0.1, 0.15) is 37.0 Å². The molecule has 0 aromatic heterocycles. The summed E-state index contributed by atoms with van der Waals surface area (Å²) in [7, 11) is 0. The lowest BCUT2D eigenvalue weighted by Crippen LogP contribution is -2.44. The Balaban J connectivity index is 1.77. The van der Waals surface area contributed by atoms with Crippen molar-refractivity contribution in [2.24, 2.45) is 10.9 Å². The van der Waals surface area contributed by atoms with Gasteiger partial charge in [-0.15, -0.1) is 0 Å². The van der Waals surface area contributed by atoms with Crippen molar-refractivity contribution in [3.05, 3.63) is 94.5 Å². The van der Waals surface area contributed by atoms with Crippen molar-refractivity contribution in [2.75, 3.05) is 16.8 Å². The van der Waals surface area contributed by atoms with Gasteiger partial charge in [0, 0.05) is 16.1 Å². The summed E-state index contributed by atoms with van der Waals surface area (Å²) in [5.41, 5.74) is 0.950. The molecule has 0 radical (unpaired) electrons. The second-order valence-electron chi connectivity index (χ2n) is 8.85. The number of rotatable bonds is 6. The molecule has 2 atom stereocenters. The number of benzene rings is 3.